The van der Waals surface area contributed by atoms with Gasteiger partial charge in [0.15, 0.2) is 5.71 Å². The number of aryl methyl sites for hydroxylation is 1. The van der Waals surface area contributed by atoms with Crippen LogP contribution in [0.4, 0.5) is 11.4 Å². The van der Waals surface area contributed by atoms with Crippen molar-refractivity contribution in [3.8, 4) is 0 Å². The highest BCUT2D eigenvalue weighted by atomic mass is 32.2. The number of anilines is 1. The van der Waals surface area contributed by atoms with Gasteiger partial charge in [0, 0.05) is 57.6 Å². The molecule has 57 heavy (non-hydrogen) atoms. The molecule has 0 saturated heterocycles. The smallest absolute Gasteiger partial charge is 0.209 e. The van der Waals surface area contributed by atoms with E-state index in [0.717, 1.165) is 38.1 Å². The Morgan fingerprint density at radius 2 is 1.53 bits per heavy atom. The van der Waals surface area contributed by atoms with Crippen LogP contribution in [-0.2, 0) is 10.8 Å². The van der Waals surface area contributed by atoms with Gasteiger partial charge < -0.3 is 4.90 Å². The van der Waals surface area contributed by atoms with Crippen LogP contribution >= 0.6 is 11.8 Å². The van der Waals surface area contributed by atoms with E-state index in [-0.39, 0.29) is 10.8 Å². The Labute approximate surface area is 351 Å². The van der Waals surface area contributed by atoms with Gasteiger partial charge in [0.1, 0.15) is 6.54 Å². The number of allylic oxidation sites excluding steroid dienone is 8. The molecular formula is C54H71N2S+. The zero-order valence-electron chi connectivity index (χ0n) is 36.7. The van der Waals surface area contributed by atoms with Crippen molar-refractivity contribution in [1.29, 1.82) is 0 Å². The van der Waals surface area contributed by atoms with Crippen LogP contribution in [0, 0.1) is 6.92 Å². The molecule has 2 nitrogen and oxygen atoms in total. The zero-order chi connectivity index (χ0) is 40.4. The minimum Gasteiger partial charge on any atom is -0.344 e. The molecule has 0 radical (unpaired) electrons. The lowest BCUT2D eigenvalue weighted by molar-refractivity contribution is -0.438. The van der Waals surface area contributed by atoms with Crippen LogP contribution in [0.25, 0.3) is 6.08 Å². The zero-order valence-corrected chi connectivity index (χ0v) is 37.5. The molecule has 0 saturated carbocycles. The number of unbranched alkanes of at least 4 members (excludes halogenated alkanes) is 6. The molecule has 6 rings (SSSR count). The summed E-state index contributed by atoms with van der Waals surface area (Å²) >= 11 is 2.08. The lowest BCUT2D eigenvalue weighted by Gasteiger charge is -2.27. The molecule has 302 valence electrons. The average molecular weight is 780 g/mol. The molecule has 2 aliphatic heterocycles. The minimum atomic E-state index is -0.0445. The van der Waals surface area contributed by atoms with Crippen molar-refractivity contribution in [3.05, 3.63) is 147 Å². The van der Waals surface area contributed by atoms with Gasteiger partial charge in [-0.05, 0) is 107 Å². The van der Waals surface area contributed by atoms with E-state index in [9.17, 15) is 0 Å². The molecule has 0 amide bonds. The topological polar surface area (TPSA) is 6.25 Å². The highest BCUT2D eigenvalue weighted by Gasteiger charge is 2.46. The van der Waals surface area contributed by atoms with Crippen LogP contribution in [0.5, 0.6) is 0 Å². The van der Waals surface area contributed by atoms with Crippen LogP contribution < -0.4 is 4.90 Å². The first-order valence-electron chi connectivity index (χ1n) is 22.4. The fourth-order valence-corrected chi connectivity index (χ4v) is 10.8. The summed E-state index contributed by atoms with van der Waals surface area (Å²) in [6.07, 6.45) is 27.0. The monoisotopic (exact) mass is 780 g/mol. The first kappa shape index (κ1) is 42.8. The maximum absolute atomic E-state index is 2.69. The van der Waals surface area contributed by atoms with Crippen molar-refractivity contribution < 1.29 is 4.58 Å². The van der Waals surface area contributed by atoms with E-state index < -0.39 is 0 Å². The van der Waals surface area contributed by atoms with Crippen LogP contribution in [0.3, 0.4) is 0 Å². The van der Waals surface area contributed by atoms with E-state index in [1.165, 1.54) is 124 Å². The highest BCUT2D eigenvalue weighted by Crippen LogP contribution is 2.48. The molecule has 3 heteroatoms. The molecule has 0 unspecified atom stereocenters. The molecule has 3 aromatic carbocycles. The Morgan fingerprint density at radius 1 is 0.789 bits per heavy atom. The number of hydrogen-bond acceptors (Lipinski definition) is 2. The van der Waals surface area contributed by atoms with Crippen molar-refractivity contribution in [2.75, 3.05) is 23.7 Å². The molecule has 3 aliphatic rings. The number of thioether (sulfide) groups is 1. The third kappa shape index (κ3) is 9.90. The quantitative estimate of drug-likeness (QED) is 0.0937. The minimum absolute atomic E-state index is 0.0365. The number of hydrogen-bond donors (Lipinski definition) is 0. The van der Waals surface area contributed by atoms with Gasteiger partial charge in [0.2, 0.25) is 5.69 Å². The van der Waals surface area contributed by atoms with Crippen LogP contribution in [-0.4, -0.2) is 29.1 Å². The van der Waals surface area contributed by atoms with Crippen molar-refractivity contribution in [1.82, 2.24) is 0 Å². The SMILES string of the molecule is CCCCCCC[N+]1=C(C(C)=CC2=C(SCC/C=C\c3cccc(C)c3)/C(=C/C=C3/N(CCCCC)c4ccccc4C3(C)C)CCC2)C(C)(C)c2ccccc21. The third-order valence-corrected chi connectivity index (χ3v) is 13.8. The first-order chi connectivity index (χ1) is 27.6. The lowest BCUT2D eigenvalue weighted by Crippen LogP contribution is -2.30. The summed E-state index contributed by atoms with van der Waals surface area (Å²) in [6, 6.07) is 27.1. The van der Waals surface area contributed by atoms with Gasteiger partial charge in [0.25, 0.3) is 0 Å². The summed E-state index contributed by atoms with van der Waals surface area (Å²) in [5, 5.41) is 0. The van der Waals surface area contributed by atoms with Gasteiger partial charge in [-0.25, -0.2) is 0 Å². The Kier molecular flexibility index (Phi) is 14.8. The Morgan fingerprint density at radius 3 is 2.32 bits per heavy atom. The Balaban J connectivity index is 1.38. The van der Waals surface area contributed by atoms with E-state index in [1.807, 2.05) is 0 Å². The number of para-hydroxylation sites is 2. The van der Waals surface area contributed by atoms with E-state index in [1.54, 1.807) is 0 Å². The number of fused-ring (bicyclic) bond motifs is 2. The summed E-state index contributed by atoms with van der Waals surface area (Å²) in [6.45, 7) is 21.1. The van der Waals surface area contributed by atoms with Gasteiger partial charge in [-0.3, -0.25) is 0 Å². The van der Waals surface area contributed by atoms with Crippen LogP contribution in [0.1, 0.15) is 148 Å². The summed E-state index contributed by atoms with van der Waals surface area (Å²) in [7, 11) is 0. The number of nitrogens with zero attached hydrogens (tertiary/aromatic N) is 2. The lowest BCUT2D eigenvalue weighted by atomic mass is 9.78. The number of benzene rings is 3. The Bertz CT molecular complexity index is 2050. The van der Waals surface area contributed by atoms with Gasteiger partial charge in [-0.15, -0.1) is 11.8 Å². The summed E-state index contributed by atoms with van der Waals surface area (Å²) in [4.78, 5) is 4.14. The van der Waals surface area contributed by atoms with Gasteiger partial charge in [-0.1, -0.05) is 144 Å². The summed E-state index contributed by atoms with van der Waals surface area (Å²) in [5.41, 5.74) is 15.6. The third-order valence-electron chi connectivity index (χ3n) is 12.6. The maximum atomic E-state index is 2.69. The molecule has 3 aromatic rings. The van der Waals surface area contributed by atoms with Crippen LogP contribution in [0.2, 0.25) is 0 Å². The summed E-state index contributed by atoms with van der Waals surface area (Å²) < 4.78 is 2.69. The fourth-order valence-electron chi connectivity index (χ4n) is 9.65. The fraction of sp³-hybridized carbons (Fsp3) is 0.463. The van der Waals surface area contributed by atoms with E-state index >= 15 is 0 Å². The molecule has 0 aromatic heterocycles. The number of rotatable bonds is 18. The predicted octanol–water partition coefficient (Wildman–Crippen LogP) is 15.4. The molecule has 0 bridgehead atoms. The highest BCUT2D eigenvalue weighted by molar-refractivity contribution is 8.03. The van der Waals surface area contributed by atoms with Crippen molar-refractivity contribution >= 4 is 34.9 Å². The van der Waals surface area contributed by atoms with Crippen molar-refractivity contribution in [3.63, 3.8) is 0 Å². The molecular weight excluding hydrogens is 709 g/mol. The largest absolute Gasteiger partial charge is 0.344 e. The second-order valence-corrected chi connectivity index (χ2v) is 18.9. The second kappa shape index (κ2) is 19.8. The molecule has 2 heterocycles. The molecule has 0 fully saturated rings. The predicted molar refractivity (Wildman–Crippen MR) is 252 cm³/mol. The maximum Gasteiger partial charge on any atom is 0.209 e. The standard InChI is InChI=1S/C54H71N2S/c1-9-11-13-14-21-37-56-49-33-18-16-31-47(49)54(7,8)52(56)42(4)40-45-29-24-28-44(51(45)57-38-22-19-26-43-27-23-25-41(3)39-43)34-35-50-53(5,6)46-30-15-17-32-48(46)55(50)36-20-12-10-2/h15-19,23,25-27,30-35,39-40H,9-14,20-22,24,28-29,36-38H2,1-8H3/q+1/b26-19-. The van der Waals surface area contributed by atoms with Crippen LogP contribution in [0.15, 0.2) is 124 Å². The van der Waals surface area contributed by atoms with Crippen molar-refractivity contribution in [2.24, 2.45) is 0 Å². The molecule has 0 atom stereocenters. The van der Waals surface area contributed by atoms with E-state index in [0.29, 0.717) is 0 Å². The van der Waals surface area contributed by atoms with Gasteiger partial charge in [0.05, 0.1) is 5.41 Å². The van der Waals surface area contributed by atoms with Crippen molar-refractivity contribution in [2.45, 2.75) is 143 Å². The van der Waals surface area contributed by atoms with E-state index in [2.05, 4.69) is 180 Å². The van der Waals surface area contributed by atoms with Gasteiger partial charge >= 0.3 is 0 Å². The first-order valence-corrected chi connectivity index (χ1v) is 23.4. The Hall–Kier alpha value is -3.82. The molecule has 0 spiro atoms. The molecule has 1 aliphatic carbocycles. The average Bonchev–Trinajstić information content (AvgIpc) is 3.56. The molecule has 0 N–H and O–H groups in total. The summed E-state index contributed by atoms with van der Waals surface area (Å²) in [5.74, 6) is 1.07. The second-order valence-electron chi connectivity index (χ2n) is 17.8. The van der Waals surface area contributed by atoms with Gasteiger partial charge in [-0.2, -0.15) is 4.58 Å². The normalized spacial score (nSPS) is 19.1. The van der Waals surface area contributed by atoms with E-state index in [4.69, 9.17) is 0 Å².